The molecule has 5 rings (SSSR count). The van der Waals surface area contributed by atoms with Crippen molar-refractivity contribution in [2.24, 2.45) is 5.73 Å². The Morgan fingerprint density at radius 3 is 2.45 bits per heavy atom. The smallest absolute Gasteiger partial charge is 0.277 e. The summed E-state index contributed by atoms with van der Waals surface area (Å²) in [5, 5.41) is -0.223. The molecule has 2 N–H and O–H groups in total. The lowest BCUT2D eigenvalue weighted by Crippen LogP contribution is -2.27. The van der Waals surface area contributed by atoms with Crippen molar-refractivity contribution in [1.29, 1.82) is 0 Å². The van der Waals surface area contributed by atoms with Gasteiger partial charge in [0.25, 0.3) is 11.1 Å². The SMILES string of the molecule is C=CN.CC.Cc1cnc(-n2cccc(C3CCOCC3)c2=O)cc1-n1c(C)cc(OCc2ncc(F)cc2F)c(Cl)c1=O. The van der Waals surface area contributed by atoms with Gasteiger partial charge in [0.2, 0.25) is 0 Å². The maximum absolute atomic E-state index is 14.0. The number of halogens is 3. The van der Waals surface area contributed by atoms with Gasteiger partial charge in [-0.15, -0.1) is 0 Å². The predicted octanol–water partition coefficient (Wildman–Crippen LogP) is 5.91. The maximum atomic E-state index is 14.0. The number of pyridine rings is 4. The van der Waals surface area contributed by atoms with Crippen LogP contribution < -0.4 is 21.6 Å². The van der Waals surface area contributed by atoms with Gasteiger partial charge in [-0.3, -0.25) is 23.7 Å². The Labute approximate surface area is 259 Å². The normalized spacial score (nSPS) is 12.8. The zero-order valence-corrected chi connectivity index (χ0v) is 25.9. The number of ether oxygens (including phenoxy) is 2. The summed E-state index contributed by atoms with van der Waals surface area (Å²) in [6, 6.07) is 7.55. The topological polar surface area (TPSA) is 114 Å². The molecule has 0 spiro atoms. The zero-order valence-electron chi connectivity index (χ0n) is 25.1. The lowest BCUT2D eigenvalue weighted by molar-refractivity contribution is 0.0850. The monoisotopic (exact) mass is 627 g/mol. The quantitative estimate of drug-likeness (QED) is 0.282. The van der Waals surface area contributed by atoms with Crippen LogP contribution in [0.1, 0.15) is 55.1 Å². The van der Waals surface area contributed by atoms with Crippen LogP contribution in [0.5, 0.6) is 5.75 Å². The number of rotatable bonds is 6. The minimum Gasteiger partial charge on any atom is -0.485 e. The molecule has 4 aromatic rings. The molecule has 0 radical (unpaired) electrons. The molecule has 4 aromatic heterocycles. The van der Waals surface area contributed by atoms with Crippen molar-refractivity contribution < 1.29 is 18.3 Å². The lowest BCUT2D eigenvalue weighted by Gasteiger charge is -2.22. The van der Waals surface area contributed by atoms with Gasteiger partial charge in [-0.25, -0.2) is 13.8 Å². The number of hydrogen-bond acceptors (Lipinski definition) is 7. The molecule has 1 saturated heterocycles. The van der Waals surface area contributed by atoms with Crippen molar-refractivity contribution in [3.63, 3.8) is 0 Å². The highest BCUT2D eigenvalue weighted by molar-refractivity contribution is 6.31. The third-order valence-corrected chi connectivity index (χ3v) is 7.08. The summed E-state index contributed by atoms with van der Waals surface area (Å²) < 4.78 is 41.0. The van der Waals surface area contributed by atoms with E-state index in [1.54, 1.807) is 38.4 Å². The van der Waals surface area contributed by atoms with Gasteiger partial charge in [0.15, 0.2) is 5.82 Å². The summed E-state index contributed by atoms with van der Waals surface area (Å²) in [7, 11) is 0. The molecule has 0 aromatic carbocycles. The fourth-order valence-corrected chi connectivity index (χ4v) is 4.86. The number of aryl methyl sites for hydroxylation is 2. The first-order chi connectivity index (χ1) is 21.2. The number of nitrogens with two attached hydrogens (primary N) is 1. The maximum Gasteiger partial charge on any atom is 0.277 e. The van der Waals surface area contributed by atoms with Crippen molar-refractivity contribution in [3.8, 4) is 17.3 Å². The van der Waals surface area contributed by atoms with Crippen molar-refractivity contribution in [2.45, 2.75) is 53.1 Å². The molecular formula is C32H36ClF2N5O4. The molecule has 0 amide bonds. The molecule has 0 aliphatic carbocycles. The fraction of sp³-hybridized carbons (Fsp3) is 0.312. The Bertz CT molecular complexity index is 1720. The molecule has 0 unspecified atom stereocenters. The molecule has 44 heavy (non-hydrogen) atoms. The lowest BCUT2D eigenvalue weighted by atomic mass is 9.93. The molecule has 5 heterocycles. The second-order valence-corrected chi connectivity index (χ2v) is 9.94. The Morgan fingerprint density at radius 1 is 1.11 bits per heavy atom. The van der Waals surface area contributed by atoms with Gasteiger partial charge in [0, 0.05) is 55.1 Å². The molecule has 1 aliphatic heterocycles. The summed E-state index contributed by atoms with van der Waals surface area (Å²) in [6.45, 7) is 11.5. The average Bonchev–Trinajstić information content (AvgIpc) is 3.02. The van der Waals surface area contributed by atoms with Crippen LogP contribution in [0.4, 0.5) is 8.78 Å². The van der Waals surface area contributed by atoms with E-state index in [9.17, 15) is 18.4 Å². The van der Waals surface area contributed by atoms with Crippen LogP contribution >= 0.6 is 11.6 Å². The van der Waals surface area contributed by atoms with E-state index in [2.05, 4.69) is 22.3 Å². The van der Waals surface area contributed by atoms with Crippen molar-refractivity contribution >= 4 is 11.6 Å². The van der Waals surface area contributed by atoms with Gasteiger partial charge in [-0.1, -0.05) is 38.1 Å². The largest absolute Gasteiger partial charge is 0.485 e. The van der Waals surface area contributed by atoms with E-state index in [4.69, 9.17) is 21.1 Å². The van der Waals surface area contributed by atoms with E-state index in [-0.39, 0.29) is 34.6 Å². The highest BCUT2D eigenvalue weighted by Crippen LogP contribution is 2.27. The van der Waals surface area contributed by atoms with Crippen molar-refractivity contribution in [3.05, 3.63) is 122 Å². The van der Waals surface area contributed by atoms with E-state index in [0.717, 1.165) is 19.0 Å². The number of aromatic nitrogens is 4. The molecule has 0 bridgehead atoms. The third-order valence-electron chi connectivity index (χ3n) is 6.73. The van der Waals surface area contributed by atoms with Crippen LogP contribution in [0.25, 0.3) is 11.5 Å². The standard InChI is InChI=1S/C28H25ClF2N4O4.C2H5N.C2H6/c1-16-13-33-25(34-7-3-4-20(27(34)36)18-5-8-38-9-6-18)12-23(16)35-17(2)10-24(26(29)28(35)37)39-15-22-21(31)11-19(30)14-32-22;1-2-3;1-2/h3-4,7,10-14,18H,5-6,8-9,15H2,1-2H3;2H,1,3H2;1-2H3. The number of nitrogens with zero attached hydrogens (tertiary/aromatic N) is 4. The molecule has 1 aliphatic rings. The molecule has 12 heteroatoms. The van der Waals surface area contributed by atoms with E-state index in [1.165, 1.54) is 15.3 Å². The van der Waals surface area contributed by atoms with Crippen LogP contribution in [0.15, 0.2) is 71.3 Å². The fourth-order valence-electron chi connectivity index (χ4n) is 4.67. The zero-order chi connectivity index (χ0) is 32.4. The Kier molecular flexibility index (Phi) is 12.4. The second-order valence-electron chi connectivity index (χ2n) is 9.57. The van der Waals surface area contributed by atoms with E-state index >= 15 is 0 Å². The van der Waals surface area contributed by atoms with Gasteiger partial charge in [-0.2, -0.15) is 0 Å². The highest BCUT2D eigenvalue weighted by atomic mass is 35.5. The van der Waals surface area contributed by atoms with E-state index < -0.39 is 17.2 Å². The first kappa shape index (κ1) is 34.1. The van der Waals surface area contributed by atoms with E-state index in [1.807, 2.05) is 26.0 Å². The van der Waals surface area contributed by atoms with Crippen molar-refractivity contribution in [2.75, 3.05) is 13.2 Å². The van der Waals surface area contributed by atoms with Crippen LogP contribution in [0, 0.1) is 25.5 Å². The minimum absolute atomic E-state index is 0.0354. The second kappa shape index (κ2) is 15.9. The van der Waals surface area contributed by atoms with E-state index in [0.29, 0.717) is 47.6 Å². The van der Waals surface area contributed by atoms with Gasteiger partial charge in [0.1, 0.15) is 34.7 Å². The van der Waals surface area contributed by atoms with Gasteiger partial charge >= 0.3 is 0 Å². The Balaban J connectivity index is 0.000000997. The first-order valence-corrected chi connectivity index (χ1v) is 14.5. The van der Waals surface area contributed by atoms with Crippen LogP contribution in [-0.4, -0.2) is 32.3 Å². The van der Waals surface area contributed by atoms with Gasteiger partial charge < -0.3 is 15.2 Å². The molecular weight excluding hydrogens is 592 g/mol. The molecule has 9 nitrogen and oxygen atoms in total. The van der Waals surface area contributed by atoms with Crippen LogP contribution in [-0.2, 0) is 11.3 Å². The summed E-state index contributed by atoms with van der Waals surface area (Å²) in [5.41, 5.74) is 6.11. The summed E-state index contributed by atoms with van der Waals surface area (Å²) >= 11 is 6.38. The Morgan fingerprint density at radius 2 is 1.80 bits per heavy atom. The minimum atomic E-state index is -0.868. The first-order valence-electron chi connectivity index (χ1n) is 14.1. The summed E-state index contributed by atoms with van der Waals surface area (Å²) in [5.74, 6) is -1.17. The number of hydrogen-bond donors (Lipinski definition) is 1. The summed E-state index contributed by atoms with van der Waals surface area (Å²) in [6.07, 6.45) is 6.91. The average molecular weight is 628 g/mol. The third kappa shape index (κ3) is 7.78. The summed E-state index contributed by atoms with van der Waals surface area (Å²) in [4.78, 5) is 34.9. The molecule has 1 fully saturated rings. The molecule has 234 valence electrons. The van der Waals surface area contributed by atoms with Gasteiger partial charge in [0.05, 0.1) is 11.9 Å². The van der Waals surface area contributed by atoms with Gasteiger partial charge in [-0.05, 0) is 50.4 Å². The highest BCUT2D eigenvalue weighted by Gasteiger charge is 2.21. The molecule has 0 saturated carbocycles. The Hall–Kier alpha value is -4.35. The molecule has 0 atom stereocenters. The van der Waals surface area contributed by atoms with Crippen LogP contribution in [0.2, 0.25) is 5.02 Å². The van der Waals surface area contributed by atoms with Crippen molar-refractivity contribution in [1.82, 2.24) is 19.1 Å². The van der Waals surface area contributed by atoms with Crippen LogP contribution in [0.3, 0.4) is 0 Å². The predicted molar refractivity (Wildman–Crippen MR) is 167 cm³/mol.